The van der Waals surface area contributed by atoms with Crippen molar-refractivity contribution >= 4 is 17.9 Å². The minimum atomic E-state index is -0.966. The van der Waals surface area contributed by atoms with Gasteiger partial charge in [-0.25, -0.2) is 14.4 Å². The van der Waals surface area contributed by atoms with E-state index in [1.165, 1.54) is 0 Å². The van der Waals surface area contributed by atoms with Crippen molar-refractivity contribution in [2.75, 3.05) is 39.6 Å². The number of hydrogen-bond acceptors (Lipinski definition) is 9. The summed E-state index contributed by atoms with van der Waals surface area (Å²) in [5.41, 5.74) is 3.20. The van der Waals surface area contributed by atoms with E-state index in [4.69, 9.17) is 28.4 Å². The predicted molar refractivity (Wildman–Crippen MR) is 149 cm³/mol. The highest BCUT2D eigenvalue weighted by Gasteiger charge is 2.35. The zero-order valence-corrected chi connectivity index (χ0v) is 23.3. The van der Waals surface area contributed by atoms with Crippen molar-refractivity contribution < 1.29 is 42.8 Å². The maximum absolute atomic E-state index is 12.9. The van der Waals surface area contributed by atoms with E-state index in [2.05, 4.69) is 0 Å². The molecule has 0 spiro atoms. The normalized spacial score (nSPS) is 21.5. The first-order chi connectivity index (χ1) is 20.4. The smallest absolute Gasteiger partial charge is 0.338 e. The van der Waals surface area contributed by atoms with Crippen LogP contribution in [-0.2, 0) is 28.4 Å². The van der Waals surface area contributed by atoms with Gasteiger partial charge in [-0.05, 0) is 59.5 Å². The van der Waals surface area contributed by atoms with E-state index in [0.717, 1.165) is 16.7 Å². The molecule has 3 aromatic rings. The molecule has 3 heterocycles. The largest absolute Gasteiger partial charge is 0.461 e. The van der Waals surface area contributed by atoms with E-state index in [1.54, 1.807) is 36.4 Å². The fraction of sp³-hybridized carbons (Fsp3) is 0.364. The van der Waals surface area contributed by atoms with Crippen molar-refractivity contribution in [2.45, 2.75) is 31.7 Å². The summed E-state index contributed by atoms with van der Waals surface area (Å²) in [6.07, 6.45) is 0.672. The van der Waals surface area contributed by atoms with Gasteiger partial charge < -0.3 is 28.4 Å². The van der Waals surface area contributed by atoms with Crippen LogP contribution in [0.5, 0.6) is 0 Å². The van der Waals surface area contributed by atoms with Gasteiger partial charge in [0.2, 0.25) is 0 Å². The second-order valence-corrected chi connectivity index (χ2v) is 10.9. The number of rotatable bonds is 13. The van der Waals surface area contributed by atoms with Crippen LogP contribution < -0.4 is 0 Å². The van der Waals surface area contributed by atoms with Gasteiger partial charge in [0.05, 0.1) is 41.9 Å². The van der Waals surface area contributed by atoms with Crippen LogP contribution >= 0.6 is 0 Å². The molecule has 42 heavy (non-hydrogen) atoms. The lowest BCUT2D eigenvalue weighted by atomic mass is 9.88. The Bertz CT molecular complexity index is 1250. The van der Waals surface area contributed by atoms with Gasteiger partial charge in [0.15, 0.2) is 0 Å². The Hall–Kier alpha value is -4.05. The van der Waals surface area contributed by atoms with Gasteiger partial charge in [0.1, 0.15) is 38.1 Å². The number of hydrogen-bond donors (Lipinski definition) is 0. The van der Waals surface area contributed by atoms with E-state index >= 15 is 0 Å². The molecule has 3 saturated heterocycles. The van der Waals surface area contributed by atoms with Gasteiger partial charge >= 0.3 is 17.9 Å². The molecule has 0 aromatic heterocycles. The van der Waals surface area contributed by atoms with Crippen LogP contribution in [0.4, 0.5) is 0 Å². The SMILES string of the molecule is CCC(COC(=O)c1ccc(C2CO2)cc1)(COC(=O)c1ccc(C2CO2)cc1)COC(=O)c1ccc(C2CO2)cc1. The molecule has 218 valence electrons. The summed E-state index contributed by atoms with van der Waals surface area (Å²) >= 11 is 0. The topological polar surface area (TPSA) is 116 Å². The van der Waals surface area contributed by atoms with Crippen LogP contribution in [0.1, 0.15) is 79.4 Å². The van der Waals surface area contributed by atoms with E-state index in [9.17, 15) is 14.4 Å². The molecule has 9 heteroatoms. The van der Waals surface area contributed by atoms with E-state index in [1.807, 2.05) is 43.3 Å². The molecule has 3 fully saturated rings. The van der Waals surface area contributed by atoms with Gasteiger partial charge in [0.25, 0.3) is 0 Å². The highest BCUT2D eigenvalue weighted by atomic mass is 16.6. The summed E-state index contributed by atoms with van der Waals surface area (Å²) in [4.78, 5) is 38.8. The molecule has 3 aliphatic rings. The summed E-state index contributed by atoms with van der Waals surface area (Å²) in [6.45, 7) is 3.55. The standard InChI is InChI=1S/C33H32O9/c1-2-33(18-40-30(34)24-9-3-21(4-10-24)27-15-37-27,19-41-31(35)25-11-5-22(6-12-25)28-16-38-28)20-42-32(36)26-13-7-23(8-14-26)29-17-39-29/h3-14,27-29H,2,15-20H2,1H3. The molecule has 0 N–H and O–H groups in total. The van der Waals surface area contributed by atoms with Gasteiger partial charge in [-0.15, -0.1) is 0 Å². The number of carbonyl (C=O) groups is 3. The first-order valence-corrected chi connectivity index (χ1v) is 14.1. The minimum absolute atomic E-state index is 0.0867. The molecular weight excluding hydrogens is 540 g/mol. The zero-order chi connectivity index (χ0) is 29.1. The molecular formula is C33H32O9. The van der Waals surface area contributed by atoms with Crippen molar-refractivity contribution in [1.82, 2.24) is 0 Å². The zero-order valence-electron chi connectivity index (χ0n) is 23.3. The van der Waals surface area contributed by atoms with Gasteiger partial charge in [-0.2, -0.15) is 0 Å². The number of carbonyl (C=O) groups excluding carboxylic acids is 3. The Balaban J connectivity index is 1.12. The fourth-order valence-corrected chi connectivity index (χ4v) is 4.56. The Morgan fingerprint density at radius 1 is 0.571 bits per heavy atom. The first kappa shape index (κ1) is 28.1. The molecule has 0 saturated carbocycles. The van der Waals surface area contributed by atoms with Crippen molar-refractivity contribution in [2.24, 2.45) is 5.41 Å². The van der Waals surface area contributed by atoms with Crippen LogP contribution in [-0.4, -0.2) is 57.5 Å². The number of esters is 3. The fourth-order valence-electron chi connectivity index (χ4n) is 4.56. The third-order valence-electron chi connectivity index (χ3n) is 7.83. The molecule has 9 nitrogen and oxygen atoms in total. The van der Waals surface area contributed by atoms with Crippen LogP contribution in [0.25, 0.3) is 0 Å². The molecule has 0 aliphatic carbocycles. The monoisotopic (exact) mass is 572 g/mol. The molecule has 6 rings (SSSR count). The third kappa shape index (κ3) is 6.87. The van der Waals surface area contributed by atoms with Crippen LogP contribution in [0.3, 0.4) is 0 Å². The molecule has 3 unspecified atom stereocenters. The van der Waals surface area contributed by atoms with Crippen LogP contribution in [0.2, 0.25) is 0 Å². The maximum Gasteiger partial charge on any atom is 0.338 e. The molecule has 3 aromatic carbocycles. The number of benzene rings is 3. The first-order valence-electron chi connectivity index (χ1n) is 14.1. The molecule has 0 bridgehead atoms. The molecule has 0 radical (unpaired) electrons. The van der Waals surface area contributed by atoms with Crippen molar-refractivity contribution in [1.29, 1.82) is 0 Å². The second kappa shape index (κ2) is 12.1. The minimum Gasteiger partial charge on any atom is -0.461 e. The van der Waals surface area contributed by atoms with Crippen LogP contribution in [0, 0.1) is 5.41 Å². The number of epoxide rings is 3. The van der Waals surface area contributed by atoms with E-state index in [-0.39, 0.29) is 38.1 Å². The molecule has 0 amide bonds. The van der Waals surface area contributed by atoms with Crippen molar-refractivity contribution in [3.05, 3.63) is 106 Å². The van der Waals surface area contributed by atoms with Crippen LogP contribution in [0.15, 0.2) is 72.8 Å². The highest BCUT2D eigenvalue weighted by Crippen LogP contribution is 2.32. The van der Waals surface area contributed by atoms with Gasteiger partial charge in [-0.3, -0.25) is 0 Å². The lowest BCUT2D eigenvalue weighted by Crippen LogP contribution is -2.39. The molecule has 3 aliphatic heterocycles. The van der Waals surface area contributed by atoms with E-state index < -0.39 is 23.3 Å². The summed E-state index contributed by atoms with van der Waals surface area (Å²) in [5, 5.41) is 0. The molecule has 3 atom stereocenters. The van der Waals surface area contributed by atoms with Gasteiger partial charge in [0, 0.05) is 0 Å². The predicted octanol–water partition coefficient (Wildman–Crippen LogP) is 5.17. The summed E-state index contributed by atoms with van der Waals surface area (Å²) in [7, 11) is 0. The summed E-state index contributed by atoms with van der Waals surface area (Å²) in [5.74, 6) is -1.57. The Morgan fingerprint density at radius 3 is 1.05 bits per heavy atom. The van der Waals surface area contributed by atoms with Crippen molar-refractivity contribution in [3.63, 3.8) is 0 Å². The highest BCUT2D eigenvalue weighted by molar-refractivity contribution is 5.90. The Kier molecular flexibility index (Phi) is 8.06. The van der Waals surface area contributed by atoms with E-state index in [0.29, 0.717) is 42.9 Å². The average molecular weight is 573 g/mol. The summed E-state index contributed by atoms with van der Waals surface area (Å²) < 4.78 is 32.9. The third-order valence-corrected chi connectivity index (χ3v) is 7.83. The Labute approximate surface area is 243 Å². The lowest BCUT2D eigenvalue weighted by molar-refractivity contribution is -0.0381. The lowest BCUT2D eigenvalue weighted by Gasteiger charge is -2.31. The summed E-state index contributed by atoms with van der Waals surface area (Å²) in [6, 6.07) is 21.2. The number of ether oxygens (including phenoxy) is 6. The second-order valence-electron chi connectivity index (χ2n) is 10.9. The van der Waals surface area contributed by atoms with Crippen molar-refractivity contribution in [3.8, 4) is 0 Å². The van der Waals surface area contributed by atoms with Gasteiger partial charge in [-0.1, -0.05) is 43.3 Å². The average Bonchev–Trinajstić information content (AvgIpc) is 3.87. The Morgan fingerprint density at radius 2 is 0.833 bits per heavy atom. The maximum atomic E-state index is 12.9. The quantitative estimate of drug-likeness (QED) is 0.155.